The molecule has 3 heteroatoms. The third kappa shape index (κ3) is 2.01. The summed E-state index contributed by atoms with van der Waals surface area (Å²) in [7, 11) is 0. The second-order valence-corrected chi connectivity index (χ2v) is 2.36. The van der Waals surface area contributed by atoms with Gasteiger partial charge >= 0.3 is 0 Å². The lowest BCUT2D eigenvalue weighted by Gasteiger charge is -2.16. The van der Waals surface area contributed by atoms with Crippen molar-refractivity contribution in [2.45, 2.75) is 6.42 Å². The topological polar surface area (TPSA) is 30.3 Å². The fourth-order valence-corrected chi connectivity index (χ4v) is 0.941. The minimum Gasteiger partial charge on any atom is -0.357 e. The Morgan fingerprint density at radius 1 is 1.64 bits per heavy atom. The van der Waals surface area contributed by atoms with E-state index >= 15 is 0 Å². The lowest BCUT2D eigenvalue weighted by molar-refractivity contribution is 0.320. The van der Waals surface area contributed by atoms with Crippen LogP contribution in [0, 0.1) is 11.3 Å². The number of nitrogens with zero attached hydrogens (tertiary/aromatic N) is 3. The van der Waals surface area contributed by atoms with Gasteiger partial charge in [-0.25, -0.2) is 0 Å². The molecule has 0 saturated heterocycles. The van der Waals surface area contributed by atoms with E-state index < -0.39 is 0 Å². The quantitative estimate of drug-likeness (QED) is 0.601. The summed E-state index contributed by atoms with van der Waals surface area (Å²) in [6.07, 6.45) is 6.27. The van der Waals surface area contributed by atoms with Crippen LogP contribution in [0.2, 0.25) is 0 Å². The maximum absolute atomic E-state index is 8.32. The highest BCUT2D eigenvalue weighted by Crippen LogP contribution is 2.05. The molecule has 1 rings (SSSR count). The van der Waals surface area contributed by atoms with Gasteiger partial charge in [0.1, 0.15) is 0 Å². The average Bonchev–Trinajstić information content (AvgIpc) is 2.48. The molecule has 0 unspecified atom stereocenters. The summed E-state index contributed by atoms with van der Waals surface area (Å²) >= 11 is 0. The predicted octanol–water partition coefficient (Wildman–Crippen LogP) is 1.09. The van der Waals surface area contributed by atoms with Crippen LogP contribution < -0.4 is 0 Å². The number of hydrogen-bond acceptors (Lipinski definition) is 3. The fourth-order valence-electron chi connectivity index (χ4n) is 0.941. The third-order valence-electron chi connectivity index (χ3n) is 1.56. The molecule has 0 aliphatic carbocycles. The van der Waals surface area contributed by atoms with Crippen molar-refractivity contribution in [1.82, 2.24) is 9.80 Å². The van der Waals surface area contributed by atoms with Crippen molar-refractivity contribution in [2.24, 2.45) is 0 Å². The van der Waals surface area contributed by atoms with E-state index in [4.69, 9.17) is 5.26 Å². The van der Waals surface area contributed by atoms with E-state index in [2.05, 4.69) is 17.5 Å². The SMILES string of the molecule is C=CN1C=CN(CCC#N)C1. The van der Waals surface area contributed by atoms with Gasteiger partial charge < -0.3 is 9.80 Å². The molecule has 0 amide bonds. The molecular weight excluding hydrogens is 138 g/mol. The first kappa shape index (κ1) is 7.67. The summed E-state index contributed by atoms with van der Waals surface area (Å²) in [6.45, 7) is 5.27. The van der Waals surface area contributed by atoms with Crippen LogP contribution >= 0.6 is 0 Å². The standard InChI is InChI=1S/C8H11N3/c1-2-10-6-7-11(8-10)5-3-4-9/h2,6-7H,1,3,5,8H2. The van der Waals surface area contributed by atoms with E-state index in [0.717, 1.165) is 13.2 Å². The number of nitriles is 1. The Morgan fingerprint density at radius 3 is 3.00 bits per heavy atom. The molecule has 1 aliphatic heterocycles. The van der Waals surface area contributed by atoms with Crippen LogP contribution in [0.4, 0.5) is 0 Å². The highest BCUT2D eigenvalue weighted by atomic mass is 15.3. The van der Waals surface area contributed by atoms with Gasteiger partial charge in [-0.3, -0.25) is 0 Å². The molecule has 58 valence electrons. The van der Waals surface area contributed by atoms with Crippen molar-refractivity contribution in [1.29, 1.82) is 5.26 Å². The molecule has 0 bridgehead atoms. The second-order valence-electron chi connectivity index (χ2n) is 2.36. The Balaban J connectivity index is 2.27. The Hall–Kier alpha value is -1.43. The highest BCUT2D eigenvalue weighted by Gasteiger charge is 2.07. The number of hydrogen-bond donors (Lipinski definition) is 0. The third-order valence-corrected chi connectivity index (χ3v) is 1.56. The van der Waals surface area contributed by atoms with Gasteiger partial charge in [-0.15, -0.1) is 0 Å². The van der Waals surface area contributed by atoms with E-state index in [1.54, 1.807) is 6.20 Å². The molecule has 0 saturated carbocycles. The van der Waals surface area contributed by atoms with Gasteiger partial charge in [-0.2, -0.15) is 5.26 Å². The van der Waals surface area contributed by atoms with Crippen LogP contribution in [0.5, 0.6) is 0 Å². The second kappa shape index (κ2) is 3.67. The fraction of sp³-hybridized carbons (Fsp3) is 0.375. The molecule has 0 aromatic carbocycles. The molecule has 3 nitrogen and oxygen atoms in total. The van der Waals surface area contributed by atoms with E-state index in [1.807, 2.05) is 17.3 Å². The van der Waals surface area contributed by atoms with E-state index in [9.17, 15) is 0 Å². The zero-order chi connectivity index (χ0) is 8.10. The summed E-state index contributed by atoms with van der Waals surface area (Å²) in [6, 6.07) is 2.11. The molecule has 11 heavy (non-hydrogen) atoms. The van der Waals surface area contributed by atoms with Crippen molar-refractivity contribution < 1.29 is 0 Å². The summed E-state index contributed by atoms with van der Waals surface area (Å²) < 4.78 is 0. The molecular formula is C8H11N3. The first-order valence-electron chi connectivity index (χ1n) is 3.54. The largest absolute Gasteiger partial charge is 0.357 e. The smallest absolute Gasteiger partial charge is 0.0936 e. The average molecular weight is 149 g/mol. The lowest BCUT2D eigenvalue weighted by Crippen LogP contribution is -2.22. The summed E-state index contributed by atoms with van der Waals surface area (Å²) in [4.78, 5) is 4.04. The predicted molar refractivity (Wildman–Crippen MR) is 43.0 cm³/mol. The molecule has 0 atom stereocenters. The summed E-state index contributed by atoms with van der Waals surface area (Å²) in [5, 5.41) is 8.32. The van der Waals surface area contributed by atoms with Gasteiger partial charge in [-0.1, -0.05) is 6.58 Å². The van der Waals surface area contributed by atoms with E-state index in [1.165, 1.54) is 0 Å². The van der Waals surface area contributed by atoms with Crippen molar-refractivity contribution in [2.75, 3.05) is 13.2 Å². The Kier molecular flexibility index (Phi) is 2.56. The lowest BCUT2D eigenvalue weighted by atomic mass is 10.4. The minimum atomic E-state index is 0.579. The van der Waals surface area contributed by atoms with Gasteiger partial charge in [-0.05, 0) is 6.20 Å². The van der Waals surface area contributed by atoms with Crippen LogP contribution in [0.3, 0.4) is 0 Å². The van der Waals surface area contributed by atoms with Gasteiger partial charge in [0.05, 0.1) is 19.2 Å². The van der Waals surface area contributed by atoms with Gasteiger partial charge in [0.15, 0.2) is 0 Å². The van der Waals surface area contributed by atoms with Crippen molar-refractivity contribution in [3.8, 4) is 6.07 Å². The van der Waals surface area contributed by atoms with Crippen LogP contribution in [0.25, 0.3) is 0 Å². The molecule has 0 aromatic rings. The van der Waals surface area contributed by atoms with E-state index in [0.29, 0.717) is 6.42 Å². The van der Waals surface area contributed by atoms with E-state index in [-0.39, 0.29) is 0 Å². The maximum Gasteiger partial charge on any atom is 0.0936 e. The summed E-state index contributed by atoms with van der Waals surface area (Å²) in [5.74, 6) is 0. The molecule has 0 fully saturated rings. The first-order chi connectivity index (χ1) is 5.36. The van der Waals surface area contributed by atoms with Gasteiger partial charge in [0.25, 0.3) is 0 Å². The van der Waals surface area contributed by atoms with Crippen molar-refractivity contribution in [3.63, 3.8) is 0 Å². The minimum absolute atomic E-state index is 0.579. The highest BCUT2D eigenvalue weighted by molar-refractivity contribution is 4.95. The zero-order valence-electron chi connectivity index (χ0n) is 6.40. The molecule has 0 N–H and O–H groups in total. The van der Waals surface area contributed by atoms with Crippen LogP contribution in [-0.2, 0) is 0 Å². The van der Waals surface area contributed by atoms with Crippen LogP contribution in [-0.4, -0.2) is 23.0 Å². The van der Waals surface area contributed by atoms with Crippen LogP contribution in [0.1, 0.15) is 6.42 Å². The Labute approximate surface area is 66.8 Å². The van der Waals surface area contributed by atoms with Gasteiger partial charge in [0.2, 0.25) is 0 Å². The normalized spacial score (nSPS) is 15.2. The van der Waals surface area contributed by atoms with Crippen LogP contribution in [0.15, 0.2) is 25.2 Å². The monoisotopic (exact) mass is 149 g/mol. The van der Waals surface area contributed by atoms with Gasteiger partial charge in [0, 0.05) is 18.9 Å². The molecule has 1 aliphatic rings. The van der Waals surface area contributed by atoms with Crippen molar-refractivity contribution >= 4 is 0 Å². The molecule has 0 radical (unpaired) electrons. The molecule has 0 spiro atoms. The molecule has 0 aromatic heterocycles. The first-order valence-corrected chi connectivity index (χ1v) is 3.54. The Morgan fingerprint density at radius 2 is 2.45 bits per heavy atom. The molecule has 1 heterocycles. The Bertz CT molecular complexity index is 202. The zero-order valence-corrected chi connectivity index (χ0v) is 6.40. The maximum atomic E-state index is 8.32. The van der Waals surface area contributed by atoms with Crippen molar-refractivity contribution in [3.05, 3.63) is 25.2 Å². The number of rotatable bonds is 3. The summed E-state index contributed by atoms with van der Waals surface area (Å²) in [5.41, 5.74) is 0.